The van der Waals surface area contributed by atoms with Crippen molar-refractivity contribution in [2.24, 2.45) is 0 Å². The van der Waals surface area contributed by atoms with Crippen LogP contribution >= 0.6 is 23.8 Å². The molecule has 166 valence electrons. The van der Waals surface area contributed by atoms with Gasteiger partial charge in [0.25, 0.3) is 17.5 Å². The number of benzene rings is 2. The number of anilines is 1. The Morgan fingerprint density at radius 1 is 1.15 bits per heavy atom. The number of hydrogen-bond donors (Lipinski definition) is 1. The van der Waals surface area contributed by atoms with E-state index in [1.807, 2.05) is 0 Å². The number of halogens is 1. The lowest BCUT2D eigenvalue weighted by Gasteiger charge is -2.28. The van der Waals surface area contributed by atoms with E-state index in [4.69, 9.17) is 33.0 Å². The Morgan fingerprint density at radius 2 is 1.88 bits per heavy atom. The van der Waals surface area contributed by atoms with Crippen LogP contribution in [0, 0.1) is 10.1 Å². The molecular formula is C22H14ClN3O6S. The lowest BCUT2D eigenvalue weighted by molar-refractivity contribution is -0.384. The van der Waals surface area contributed by atoms with Crippen molar-refractivity contribution in [2.45, 2.75) is 0 Å². The maximum absolute atomic E-state index is 13.1. The van der Waals surface area contributed by atoms with Gasteiger partial charge in [0.1, 0.15) is 22.8 Å². The molecule has 0 saturated carbocycles. The van der Waals surface area contributed by atoms with E-state index >= 15 is 0 Å². The molecule has 0 aliphatic carbocycles. The smallest absolute Gasteiger partial charge is 0.284 e. The molecule has 1 aromatic heterocycles. The molecule has 33 heavy (non-hydrogen) atoms. The van der Waals surface area contributed by atoms with Gasteiger partial charge in [0.2, 0.25) is 0 Å². The molecule has 1 aliphatic heterocycles. The van der Waals surface area contributed by atoms with Gasteiger partial charge in [-0.3, -0.25) is 29.9 Å². The maximum Gasteiger partial charge on any atom is 0.284 e. The quantitative estimate of drug-likeness (QED) is 0.188. The Labute approximate surface area is 197 Å². The predicted molar refractivity (Wildman–Crippen MR) is 125 cm³/mol. The molecule has 11 heteroatoms. The zero-order valence-corrected chi connectivity index (χ0v) is 18.5. The number of amides is 2. The first-order valence-electron chi connectivity index (χ1n) is 9.38. The van der Waals surface area contributed by atoms with Crippen LogP contribution in [0.4, 0.5) is 11.4 Å². The van der Waals surface area contributed by atoms with E-state index in [0.717, 1.165) is 4.90 Å². The number of thiocarbonyl (C=S) groups is 1. The van der Waals surface area contributed by atoms with Gasteiger partial charge in [0, 0.05) is 5.02 Å². The van der Waals surface area contributed by atoms with Crippen molar-refractivity contribution < 1.29 is 23.7 Å². The number of nitrogens with zero attached hydrogens (tertiary/aromatic N) is 2. The maximum atomic E-state index is 13.1. The third kappa shape index (κ3) is 4.34. The van der Waals surface area contributed by atoms with Crippen molar-refractivity contribution in [1.29, 1.82) is 0 Å². The molecule has 0 radical (unpaired) electrons. The van der Waals surface area contributed by atoms with Gasteiger partial charge in [-0.15, -0.1) is 0 Å². The molecule has 2 amide bonds. The third-order valence-electron chi connectivity index (χ3n) is 4.77. The van der Waals surface area contributed by atoms with Crippen LogP contribution in [0.25, 0.3) is 17.4 Å². The van der Waals surface area contributed by atoms with E-state index in [-0.39, 0.29) is 33.5 Å². The minimum atomic E-state index is -0.691. The summed E-state index contributed by atoms with van der Waals surface area (Å²) in [6, 6.07) is 13.7. The summed E-state index contributed by atoms with van der Waals surface area (Å²) in [5.74, 6) is -0.687. The summed E-state index contributed by atoms with van der Waals surface area (Å²) in [5.41, 5.74) is 0.209. The second-order valence-corrected chi connectivity index (χ2v) is 7.60. The summed E-state index contributed by atoms with van der Waals surface area (Å²) < 4.78 is 10.7. The van der Waals surface area contributed by atoms with Crippen LogP contribution in [0.2, 0.25) is 5.02 Å². The Kier molecular flexibility index (Phi) is 5.95. The first-order chi connectivity index (χ1) is 15.8. The van der Waals surface area contributed by atoms with E-state index < -0.39 is 16.7 Å². The highest BCUT2D eigenvalue weighted by molar-refractivity contribution is 7.80. The molecule has 1 fully saturated rings. The van der Waals surface area contributed by atoms with Crippen molar-refractivity contribution in [3.63, 3.8) is 0 Å². The van der Waals surface area contributed by atoms with Crippen molar-refractivity contribution in [3.05, 3.63) is 81.1 Å². The van der Waals surface area contributed by atoms with E-state index in [9.17, 15) is 19.7 Å². The van der Waals surface area contributed by atoms with Crippen LogP contribution < -0.4 is 15.0 Å². The average molecular weight is 484 g/mol. The minimum absolute atomic E-state index is 0.0709. The Hall–Kier alpha value is -4.02. The number of furan rings is 1. The molecule has 2 heterocycles. The number of nitro benzene ring substituents is 1. The molecule has 3 aromatic rings. The number of nitrogens with one attached hydrogen (secondary N) is 1. The first kappa shape index (κ1) is 22.2. The fourth-order valence-corrected chi connectivity index (χ4v) is 3.60. The van der Waals surface area contributed by atoms with Crippen LogP contribution in [0.3, 0.4) is 0 Å². The summed E-state index contributed by atoms with van der Waals surface area (Å²) >= 11 is 11.1. The fraction of sp³-hybridized carbons (Fsp3) is 0.0455. The van der Waals surface area contributed by atoms with Crippen molar-refractivity contribution in [2.75, 3.05) is 12.0 Å². The fourth-order valence-electron chi connectivity index (χ4n) is 3.20. The number of methoxy groups -OCH3 is 1. The SMILES string of the molecule is COc1ccc(-c2ccc(/C=C3\C(=O)NC(=S)N(c4ccc(Cl)cc4)C3=O)o2)c([N+](=O)[O-])c1. The zero-order chi connectivity index (χ0) is 23.7. The molecule has 1 N–H and O–H groups in total. The van der Waals surface area contributed by atoms with Gasteiger partial charge < -0.3 is 9.15 Å². The largest absolute Gasteiger partial charge is 0.497 e. The molecule has 0 spiro atoms. The normalized spacial score (nSPS) is 15.0. The van der Waals surface area contributed by atoms with Gasteiger partial charge in [0.15, 0.2) is 5.11 Å². The second kappa shape index (κ2) is 8.85. The number of ether oxygens (including phenoxy) is 1. The van der Waals surface area contributed by atoms with Crippen LogP contribution in [0.1, 0.15) is 5.76 Å². The highest BCUT2D eigenvalue weighted by Gasteiger charge is 2.34. The van der Waals surface area contributed by atoms with E-state index in [2.05, 4.69) is 5.32 Å². The zero-order valence-electron chi connectivity index (χ0n) is 16.9. The third-order valence-corrected chi connectivity index (χ3v) is 5.30. The van der Waals surface area contributed by atoms with Crippen LogP contribution in [-0.4, -0.2) is 29.0 Å². The van der Waals surface area contributed by atoms with Crippen molar-refractivity contribution in [1.82, 2.24) is 5.32 Å². The van der Waals surface area contributed by atoms with E-state index in [1.165, 1.54) is 37.5 Å². The van der Waals surface area contributed by atoms with Crippen LogP contribution in [0.15, 0.2) is 64.6 Å². The number of hydrogen-bond acceptors (Lipinski definition) is 7. The summed E-state index contributed by atoms with van der Waals surface area (Å²) in [7, 11) is 1.40. The predicted octanol–water partition coefficient (Wildman–Crippen LogP) is 4.35. The van der Waals surface area contributed by atoms with Gasteiger partial charge in [-0.2, -0.15) is 0 Å². The van der Waals surface area contributed by atoms with Crippen molar-refractivity contribution >= 4 is 58.2 Å². The van der Waals surface area contributed by atoms with Gasteiger partial charge in [0.05, 0.1) is 29.4 Å². The number of nitro groups is 1. The molecule has 2 aromatic carbocycles. The number of carbonyl (C=O) groups excluding carboxylic acids is 2. The Morgan fingerprint density at radius 3 is 2.55 bits per heavy atom. The van der Waals surface area contributed by atoms with Gasteiger partial charge >= 0.3 is 0 Å². The molecule has 0 bridgehead atoms. The topological polar surface area (TPSA) is 115 Å². The molecule has 0 atom stereocenters. The summed E-state index contributed by atoms with van der Waals surface area (Å²) in [5, 5.41) is 14.3. The van der Waals surface area contributed by atoms with Gasteiger partial charge in [-0.25, -0.2) is 0 Å². The van der Waals surface area contributed by atoms with Crippen LogP contribution in [0.5, 0.6) is 5.75 Å². The summed E-state index contributed by atoms with van der Waals surface area (Å²) in [6.45, 7) is 0. The Bertz CT molecular complexity index is 1330. The number of rotatable bonds is 5. The first-order valence-corrected chi connectivity index (χ1v) is 10.2. The number of carbonyl (C=O) groups is 2. The average Bonchev–Trinajstić information content (AvgIpc) is 3.26. The standard InChI is InChI=1S/C22H14ClN3O6S/c1-31-14-6-8-16(18(11-14)26(29)30)19-9-7-15(32-19)10-17-20(27)24-22(33)25(21(17)28)13-4-2-12(23)3-5-13/h2-11H,1H3,(H,24,27,33)/b17-10+. The molecule has 1 aliphatic rings. The minimum Gasteiger partial charge on any atom is -0.497 e. The Balaban J connectivity index is 1.69. The second-order valence-electron chi connectivity index (χ2n) is 6.78. The lowest BCUT2D eigenvalue weighted by Crippen LogP contribution is -2.54. The highest BCUT2D eigenvalue weighted by Crippen LogP contribution is 2.34. The summed E-state index contributed by atoms with van der Waals surface area (Å²) in [6.07, 6.45) is 1.25. The lowest BCUT2D eigenvalue weighted by atomic mass is 10.1. The summed E-state index contributed by atoms with van der Waals surface area (Å²) in [4.78, 5) is 37.6. The molecule has 4 rings (SSSR count). The van der Waals surface area contributed by atoms with E-state index in [1.54, 1.807) is 30.3 Å². The molecule has 1 saturated heterocycles. The monoisotopic (exact) mass is 483 g/mol. The molecule has 9 nitrogen and oxygen atoms in total. The van der Waals surface area contributed by atoms with E-state index in [0.29, 0.717) is 16.5 Å². The molecular weight excluding hydrogens is 470 g/mol. The highest BCUT2D eigenvalue weighted by atomic mass is 35.5. The van der Waals surface area contributed by atoms with Crippen LogP contribution in [-0.2, 0) is 9.59 Å². The molecule has 0 unspecified atom stereocenters. The van der Waals surface area contributed by atoms with Gasteiger partial charge in [-0.05, 0) is 66.8 Å². The van der Waals surface area contributed by atoms with Crippen molar-refractivity contribution in [3.8, 4) is 17.1 Å². The van der Waals surface area contributed by atoms with Gasteiger partial charge in [-0.1, -0.05) is 11.6 Å².